The maximum Gasteiger partial charge on any atom is 0.315 e. The molecule has 7 fully saturated rings. The van der Waals surface area contributed by atoms with Crippen LogP contribution in [0, 0.1) is 50.2 Å². The molecular weight excluding hydrogens is 865 g/mol. The number of allylic oxidation sites excluding steroid dienone is 2. The standard InChI is InChI=1S/C48H78O18/c1-22-30(52)32(54)35(57)40(62-22)65-38-25(19-49)63-39(37(59)34(38)56)61-20-26-31(53)33(55)36(58)41(64-26)66-42(60)48-16-14-44(4,21-50)18-24(48)23-8-9-28-45(5)12-11-29(51)43(2,3)27(45)10-13-47(28,7)46(23,6)15-17-48/h8,22,24-41,49-59H,9-21H2,1-7H3/t22-,24-,25+,26+,27-,28+,29-,30-,31+,32+,33-,34+,35+,36+,37+,38+,39+,40-,41-,44+,45-,46+,47+,48-/m0/s1. The molecule has 0 unspecified atom stereocenters. The van der Waals surface area contributed by atoms with Crippen molar-refractivity contribution < 1.29 is 89.4 Å². The number of carbonyl (C=O) groups is 1. The molecule has 378 valence electrons. The topological polar surface area (TPSA) is 295 Å². The van der Waals surface area contributed by atoms with Crippen LogP contribution in [0.5, 0.6) is 0 Å². The van der Waals surface area contributed by atoms with E-state index in [-0.39, 0.29) is 40.3 Å². The summed E-state index contributed by atoms with van der Waals surface area (Å²) < 4.78 is 34.7. The first-order valence-electron chi connectivity index (χ1n) is 24.3. The fourth-order valence-corrected chi connectivity index (χ4v) is 14.8. The SMILES string of the molecule is C[C@@H]1O[C@@H](O[C@H]2[C@H](O)[C@@H](O)[C@H](OC[C@H]3O[C@@H](OC(=O)[C@]45CC[C@@](C)(CO)C[C@H]4C4=CC[C@@H]6[C@@]7(C)CC[C@H](O)C(C)(C)[C@@H]7CC[C@@]6(C)[C@]4(C)CC5)[C@H](O)[C@@H](O)[C@@H]3O)O[C@@H]2CO)[C@H](O)[C@H](O)[C@H]1O. The highest BCUT2D eigenvalue weighted by Gasteiger charge is 2.70. The predicted molar refractivity (Wildman–Crippen MR) is 230 cm³/mol. The van der Waals surface area contributed by atoms with E-state index >= 15 is 0 Å². The first kappa shape index (κ1) is 50.9. The van der Waals surface area contributed by atoms with Crippen molar-refractivity contribution in [3.63, 3.8) is 0 Å². The van der Waals surface area contributed by atoms with E-state index in [1.807, 2.05) is 0 Å². The second-order valence-corrected chi connectivity index (χ2v) is 23.3. The molecule has 0 amide bonds. The van der Waals surface area contributed by atoms with Crippen LogP contribution in [-0.2, 0) is 33.2 Å². The molecule has 3 saturated heterocycles. The number of hydrogen-bond donors (Lipinski definition) is 11. The van der Waals surface area contributed by atoms with E-state index in [9.17, 15) is 61.0 Å². The van der Waals surface area contributed by atoms with Crippen LogP contribution in [0.3, 0.4) is 0 Å². The van der Waals surface area contributed by atoms with Crippen molar-refractivity contribution in [1.29, 1.82) is 0 Å². The summed E-state index contributed by atoms with van der Waals surface area (Å²) in [5, 5.41) is 118. The van der Waals surface area contributed by atoms with E-state index in [1.165, 1.54) is 12.5 Å². The molecule has 0 bridgehead atoms. The molecule has 3 heterocycles. The van der Waals surface area contributed by atoms with Crippen LogP contribution in [-0.4, -0.2) is 180 Å². The number of esters is 1. The molecule has 11 N–H and O–H groups in total. The van der Waals surface area contributed by atoms with Gasteiger partial charge in [0.05, 0.1) is 30.8 Å². The zero-order valence-electron chi connectivity index (χ0n) is 39.5. The van der Waals surface area contributed by atoms with Crippen LogP contribution in [0.25, 0.3) is 0 Å². The number of carbonyl (C=O) groups excluding carboxylic acids is 1. The molecule has 0 spiro atoms. The Labute approximate surface area is 387 Å². The van der Waals surface area contributed by atoms with Crippen LogP contribution in [0.2, 0.25) is 0 Å². The largest absolute Gasteiger partial charge is 0.432 e. The summed E-state index contributed by atoms with van der Waals surface area (Å²) in [6.45, 7) is 13.7. The van der Waals surface area contributed by atoms with E-state index in [0.29, 0.717) is 43.9 Å². The molecule has 8 aliphatic rings. The summed E-state index contributed by atoms with van der Waals surface area (Å²) in [5.41, 5.74) is -0.853. The van der Waals surface area contributed by atoms with Crippen molar-refractivity contribution >= 4 is 5.97 Å². The zero-order valence-corrected chi connectivity index (χ0v) is 39.5. The van der Waals surface area contributed by atoms with Gasteiger partial charge in [0.2, 0.25) is 6.29 Å². The minimum absolute atomic E-state index is 0.0174. The third-order valence-electron chi connectivity index (χ3n) is 19.5. The van der Waals surface area contributed by atoms with Crippen LogP contribution in [0.1, 0.15) is 113 Å². The number of ether oxygens (including phenoxy) is 6. The van der Waals surface area contributed by atoms with Gasteiger partial charge in [-0.3, -0.25) is 4.79 Å². The van der Waals surface area contributed by atoms with E-state index < -0.39 is 122 Å². The van der Waals surface area contributed by atoms with E-state index in [2.05, 4.69) is 47.6 Å². The van der Waals surface area contributed by atoms with Gasteiger partial charge in [0.15, 0.2) is 12.6 Å². The summed E-state index contributed by atoms with van der Waals surface area (Å²) in [4.78, 5) is 15.0. The maximum atomic E-state index is 15.0. The molecule has 18 nitrogen and oxygen atoms in total. The number of rotatable bonds is 9. The van der Waals surface area contributed by atoms with Gasteiger partial charge in [-0.15, -0.1) is 0 Å². The molecule has 18 heteroatoms. The minimum atomic E-state index is -1.86. The highest BCUT2D eigenvalue weighted by atomic mass is 16.8. The highest BCUT2D eigenvalue weighted by Crippen LogP contribution is 2.76. The van der Waals surface area contributed by atoms with Crippen molar-refractivity contribution in [2.75, 3.05) is 19.8 Å². The molecule has 4 saturated carbocycles. The number of hydrogen-bond acceptors (Lipinski definition) is 18. The van der Waals surface area contributed by atoms with Gasteiger partial charge in [-0.1, -0.05) is 53.2 Å². The Hall–Kier alpha value is -1.43. The maximum absolute atomic E-state index is 15.0. The van der Waals surface area contributed by atoms with Gasteiger partial charge in [0.25, 0.3) is 0 Å². The van der Waals surface area contributed by atoms with Gasteiger partial charge in [0, 0.05) is 6.61 Å². The average Bonchev–Trinajstić information content (AvgIpc) is 3.28. The van der Waals surface area contributed by atoms with Crippen molar-refractivity contribution in [3.8, 4) is 0 Å². The monoisotopic (exact) mass is 943 g/mol. The average molecular weight is 943 g/mol. The highest BCUT2D eigenvalue weighted by molar-refractivity contribution is 5.79. The number of aliphatic hydroxyl groups excluding tert-OH is 11. The fourth-order valence-electron chi connectivity index (χ4n) is 14.8. The molecule has 0 aromatic rings. The lowest BCUT2D eigenvalue weighted by atomic mass is 9.33. The van der Waals surface area contributed by atoms with Gasteiger partial charge in [0.1, 0.15) is 67.1 Å². The Bertz CT molecular complexity index is 1800. The molecule has 24 atom stereocenters. The molecule has 0 aromatic carbocycles. The molecular formula is C48H78O18. The van der Waals surface area contributed by atoms with Gasteiger partial charge in [-0.25, -0.2) is 0 Å². The van der Waals surface area contributed by atoms with Gasteiger partial charge in [-0.05, 0) is 116 Å². The van der Waals surface area contributed by atoms with E-state index in [1.54, 1.807) is 0 Å². The first-order valence-corrected chi connectivity index (χ1v) is 24.3. The van der Waals surface area contributed by atoms with Crippen LogP contribution in [0.15, 0.2) is 11.6 Å². The van der Waals surface area contributed by atoms with Crippen LogP contribution >= 0.6 is 0 Å². The van der Waals surface area contributed by atoms with E-state index in [0.717, 1.165) is 32.1 Å². The molecule has 8 rings (SSSR count). The molecule has 5 aliphatic carbocycles. The normalized spacial score (nSPS) is 54.8. The van der Waals surface area contributed by atoms with Crippen molar-refractivity contribution in [1.82, 2.24) is 0 Å². The van der Waals surface area contributed by atoms with Crippen LogP contribution in [0.4, 0.5) is 0 Å². The fraction of sp³-hybridized carbons (Fsp3) is 0.938. The summed E-state index contributed by atoms with van der Waals surface area (Å²) in [7, 11) is 0. The molecule has 3 aliphatic heterocycles. The van der Waals surface area contributed by atoms with Crippen LogP contribution < -0.4 is 0 Å². The predicted octanol–water partition coefficient (Wildman–Crippen LogP) is 0.141. The smallest absolute Gasteiger partial charge is 0.315 e. The molecule has 0 radical (unpaired) electrons. The van der Waals surface area contributed by atoms with Gasteiger partial charge in [-0.2, -0.15) is 0 Å². The Morgan fingerprint density at radius 3 is 2.00 bits per heavy atom. The lowest BCUT2D eigenvalue weighted by Gasteiger charge is -2.71. The molecule has 66 heavy (non-hydrogen) atoms. The summed E-state index contributed by atoms with van der Waals surface area (Å²) in [6, 6.07) is 0. The lowest BCUT2D eigenvalue weighted by Crippen LogP contribution is -2.65. The quantitative estimate of drug-likeness (QED) is 0.108. The zero-order chi connectivity index (χ0) is 48.3. The van der Waals surface area contributed by atoms with Gasteiger partial charge < -0.3 is 84.6 Å². The third-order valence-corrected chi connectivity index (χ3v) is 19.5. The molecule has 0 aromatic heterocycles. The van der Waals surface area contributed by atoms with Gasteiger partial charge >= 0.3 is 5.97 Å². The lowest BCUT2D eigenvalue weighted by molar-refractivity contribution is -0.361. The summed E-state index contributed by atoms with van der Waals surface area (Å²) in [6.07, 6.45) is -15.0. The summed E-state index contributed by atoms with van der Waals surface area (Å²) in [5.74, 6) is -0.174. The Balaban J connectivity index is 0.983. The van der Waals surface area contributed by atoms with Crippen molar-refractivity contribution in [2.45, 2.75) is 211 Å². The Morgan fingerprint density at radius 2 is 1.32 bits per heavy atom. The first-order chi connectivity index (χ1) is 30.8. The second kappa shape index (κ2) is 18.0. The second-order valence-electron chi connectivity index (χ2n) is 23.3. The Morgan fingerprint density at radius 1 is 0.682 bits per heavy atom. The minimum Gasteiger partial charge on any atom is -0.432 e. The number of fused-ring (bicyclic) bond motifs is 7. The van der Waals surface area contributed by atoms with E-state index in [4.69, 9.17) is 28.4 Å². The van der Waals surface area contributed by atoms with Crippen molar-refractivity contribution in [2.24, 2.45) is 50.2 Å². The van der Waals surface area contributed by atoms with Crippen molar-refractivity contribution in [3.05, 3.63) is 11.6 Å². The summed E-state index contributed by atoms with van der Waals surface area (Å²) >= 11 is 0. The third kappa shape index (κ3) is 7.87. The number of aliphatic hydroxyl groups is 11. The Kier molecular flexibility index (Phi) is 13.9.